The molecule has 6 heteroatoms. The number of fused-ring (bicyclic) bond motifs is 1. The molecule has 0 atom stereocenters. The number of amides is 3. The van der Waals surface area contributed by atoms with Crippen LogP contribution in [0.5, 0.6) is 5.75 Å². The van der Waals surface area contributed by atoms with Crippen molar-refractivity contribution in [2.75, 3.05) is 19.0 Å². The van der Waals surface area contributed by atoms with E-state index in [2.05, 4.69) is 5.32 Å². The van der Waals surface area contributed by atoms with Gasteiger partial charge in [0.15, 0.2) is 0 Å². The molecule has 0 aromatic heterocycles. The predicted molar refractivity (Wildman–Crippen MR) is 92.7 cm³/mol. The van der Waals surface area contributed by atoms with Crippen molar-refractivity contribution in [2.45, 2.75) is 12.8 Å². The Morgan fingerprint density at radius 1 is 1.04 bits per heavy atom. The van der Waals surface area contributed by atoms with Crippen LogP contribution in [0.2, 0.25) is 0 Å². The van der Waals surface area contributed by atoms with Crippen LogP contribution in [0.4, 0.5) is 5.69 Å². The summed E-state index contributed by atoms with van der Waals surface area (Å²) < 4.78 is 5.11. The largest absolute Gasteiger partial charge is 0.497 e. The summed E-state index contributed by atoms with van der Waals surface area (Å²) in [6, 6.07) is 13.8. The van der Waals surface area contributed by atoms with Crippen molar-refractivity contribution < 1.29 is 19.1 Å². The third kappa shape index (κ3) is 3.52. The van der Waals surface area contributed by atoms with E-state index in [4.69, 9.17) is 4.74 Å². The minimum atomic E-state index is -0.297. The minimum Gasteiger partial charge on any atom is -0.497 e. The molecule has 1 N–H and O–H groups in total. The van der Waals surface area contributed by atoms with Crippen LogP contribution in [0.25, 0.3) is 0 Å². The maximum atomic E-state index is 12.2. The molecule has 0 unspecified atom stereocenters. The number of imide groups is 1. The van der Waals surface area contributed by atoms with Crippen LogP contribution in [0.1, 0.15) is 33.6 Å². The fraction of sp³-hybridized carbons (Fsp3) is 0.211. The molecule has 1 aliphatic rings. The Bertz CT molecular complexity index is 797. The second kappa shape index (κ2) is 7.17. The number of carbonyl (C=O) groups excluding carboxylic acids is 3. The van der Waals surface area contributed by atoms with Crippen molar-refractivity contribution >= 4 is 23.4 Å². The number of rotatable bonds is 6. The van der Waals surface area contributed by atoms with E-state index in [1.54, 1.807) is 55.6 Å². The lowest BCUT2D eigenvalue weighted by atomic mass is 10.1. The maximum Gasteiger partial charge on any atom is 0.261 e. The molecule has 2 aromatic rings. The molecular formula is C19H18N2O4. The highest BCUT2D eigenvalue weighted by molar-refractivity contribution is 6.21. The molecule has 0 saturated carbocycles. The van der Waals surface area contributed by atoms with Crippen molar-refractivity contribution in [1.29, 1.82) is 0 Å². The number of hydrogen-bond acceptors (Lipinski definition) is 4. The Kier molecular flexibility index (Phi) is 4.79. The number of carbonyl (C=O) groups is 3. The molecule has 0 fully saturated rings. The zero-order valence-corrected chi connectivity index (χ0v) is 13.8. The SMILES string of the molecule is COc1cccc(NC(=O)CCCN2C(=O)c3ccccc3C2=O)c1. The van der Waals surface area contributed by atoms with Crippen molar-refractivity contribution in [1.82, 2.24) is 4.90 Å². The molecule has 0 radical (unpaired) electrons. The zero-order chi connectivity index (χ0) is 17.8. The van der Waals surface area contributed by atoms with Gasteiger partial charge in [-0.2, -0.15) is 0 Å². The lowest BCUT2D eigenvalue weighted by Crippen LogP contribution is -2.31. The first-order valence-electron chi connectivity index (χ1n) is 7.99. The van der Waals surface area contributed by atoms with Crippen LogP contribution in [-0.2, 0) is 4.79 Å². The molecule has 0 bridgehead atoms. The smallest absolute Gasteiger partial charge is 0.261 e. The maximum absolute atomic E-state index is 12.2. The van der Waals surface area contributed by atoms with Crippen LogP contribution >= 0.6 is 0 Å². The summed E-state index contributed by atoms with van der Waals surface area (Å²) in [5.74, 6) is -0.115. The van der Waals surface area contributed by atoms with E-state index in [1.807, 2.05) is 0 Å². The Hall–Kier alpha value is -3.15. The van der Waals surface area contributed by atoms with E-state index in [-0.39, 0.29) is 30.7 Å². The molecule has 0 saturated heterocycles. The monoisotopic (exact) mass is 338 g/mol. The van der Waals surface area contributed by atoms with Gasteiger partial charge in [-0.05, 0) is 30.7 Å². The third-order valence-electron chi connectivity index (χ3n) is 4.02. The van der Waals surface area contributed by atoms with Gasteiger partial charge in [0.1, 0.15) is 5.75 Å². The second-order valence-electron chi connectivity index (χ2n) is 5.69. The predicted octanol–water partition coefficient (Wildman–Crippen LogP) is 2.71. The van der Waals surface area contributed by atoms with Crippen LogP contribution < -0.4 is 10.1 Å². The first-order valence-corrected chi connectivity index (χ1v) is 7.99. The molecule has 2 aromatic carbocycles. The van der Waals surface area contributed by atoms with Crippen LogP contribution in [0, 0.1) is 0 Å². The molecule has 3 amide bonds. The summed E-state index contributed by atoms with van der Waals surface area (Å²) in [4.78, 5) is 37.7. The van der Waals surface area contributed by atoms with Gasteiger partial charge in [0.25, 0.3) is 11.8 Å². The van der Waals surface area contributed by atoms with Gasteiger partial charge in [0, 0.05) is 24.7 Å². The topological polar surface area (TPSA) is 75.7 Å². The highest BCUT2D eigenvalue weighted by Gasteiger charge is 2.34. The van der Waals surface area contributed by atoms with Crippen LogP contribution in [0.15, 0.2) is 48.5 Å². The summed E-state index contributed by atoms with van der Waals surface area (Å²) in [6.07, 6.45) is 0.617. The Balaban J connectivity index is 1.52. The van der Waals surface area contributed by atoms with E-state index in [0.717, 1.165) is 0 Å². The number of benzene rings is 2. The summed E-state index contributed by atoms with van der Waals surface area (Å²) in [5.41, 5.74) is 1.49. The molecule has 1 heterocycles. The van der Waals surface area contributed by atoms with Crippen LogP contribution in [-0.4, -0.2) is 36.3 Å². The zero-order valence-electron chi connectivity index (χ0n) is 13.8. The van der Waals surface area contributed by atoms with Gasteiger partial charge in [0.05, 0.1) is 18.2 Å². The Morgan fingerprint density at radius 3 is 2.36 bits per heavy atom. The standard InChI is InChI=1S/C19H18N2O4/c1-25-14-7-4-6-13(12-14)20-17(22)10-5-11-21-18(23)15-8-2-3-9-16(15)19(21)24/h2-4,6-9,12H,5,10-11H2,1H3,(H,20,22). The number of nitrogens with one attached hydrogen (secondary N) is 1. The third-order valence-corrected chi connectivity index (χ3v) is 4.02. The van der Waals surface area contributed by atoms with Gasteiger partial charge in [-0.15, -0.1) is 0 Å². The lowest BCUT2D eigenvalue weighted by molar-refractivity contribution is -0.116. The molecule has 25 heavy (non-hydrogen) atoms. The molecule has 0 aliphatic carbocycles. The Labute approximate surface area is 145 Å². The fourth-order valence-electron chi connectivity index (χ4n) is 2.76. The van der Waals surface area contributed by atoms with Gasteiger partial charge in [-0.25, -0.2) is 0 Å². The second-order valence-corrected chi connectivity index (χ2v) is 5.69. The van der Waals surface area contributed by atoms with Gasteiger partial charge in [-0.3, -0.25) is 19.3 Å². The minimum absolute atomic E-state index is 0.176. The van der Waals surface area contributed by atoms with Crippen molar-refractivity contribution in [2.24, 2.45) is 0 Å². The van der Waals surface area contributed by atoms with Gasteiger partial charge >= 0.3 is 0 Å². The fourth-order valence-corrected chi connectivity index (χ4v) is 2.76. The first-order chi connectivity index (χ1) is 12.1. The molecule has 1 aliphatic heterocycles. The summed E-state index contributed by atoms with van der Waals surface area (Å²) in [7, 11) is 1.56. The molecule has 3 rings (SSSR count). The van der Waals surface area contributed by atoms with Crippen molar-refractivity contribution in [3.05, 3.63) is 59.7 Å². The van der Waals surface area contributed by atoms with Crippen molar-refractivity contribution in [3.8, 4) is 5.75 Å². The average molecular weight is 338 g/mol. The van der Waals surface area contributed by atoms with Crippen LogP contribution in [0.3, 0.4) is 0 Å². The lowest BCUT2D eigenvalue weighted by Gasteiger charge is -2.13. The normalized spacial score (nSPS) is 12.9. The quantitative estimate of drug-likeness (QED) is 0.822. The Morgan fingerprint density at radius 2 is 1.72 bits per heavy atom. The molecule has 0 spiro atoms. The summed E-state index contributed by atoms with van der Waals surface area (Å²) in [5, 5.41) is 2.77. The molecular weight excluding hydrogens is 320 g/mol. The van der Waals surface area contributed by atoms with Gasteiger partial charge < -0.3 is 10.1 Å². The highest BCUT2D eigenvalue weighted by atomic mass is 16.5. The number of hydrogen-bond donors (Lipinski definition) is 1. The van der Waals surface area contributed by atoms with Gasteiger partial charge in [0.2, 0.25) is 5.91 Å². The number of anilines is 1. The van der Waals surface area contributed by atoms with Crippen molar-refractivity contribution in [3.63, 3.8) is 0 Å². The van der Waals surface area contributed by atoms with E-state index in [9.17, 15) is 14.4 Å². The highest BCUT2D eigenvalue weighted by Crippen LogP contribution is 2.23. The first kappa shape index (κ1) is 16.7. The molecule has 6 nitrogen and oxygen atoms in total. The number of methoxy groups -OCH3 is 1. The molecule has 128 valence electrons. The number of ether oxygens (including phenoxy) is 1. The summed E-state index contributed by atoms with van der Waals surface area (Å²) in [6.45, 7) is 0.220. The van der Waals surface area contributed by atoms with E-state index in [0.29, 0.717) is 29.0 Å². The van der Waals surface area contributed by atoms with E-state index in [1.165, 1.54) is 4.90 Å². The summed E-state index contributed by atoms with van der Waals surface area (Å²) >= 11 is 0. The number of nitrogens with zero attached hydrogens (tertiary/aromatic N) is 1. The van der Waals surface area contributed by atoms with Gasteiger partial charge in [-0.1, -0.05) is 18.2 Å². The average Bonchev–Trinajstić information content (AvgIpc) is 2.87. The van der Waals surface area contributed by atoms with E-state index >= 15 is 0 Å². The van der Waals surface area contributed by atoms with E-state index < -0.39 is 0 Å².